The third kappa shape index (κ3) is 6.30. The first-order chi connectivity index (χ1) is 12.3. The van der Waals surface area contributed by atoms with Crippen LogP contribution in [0.5, 0.6) is 5.75 Å². The van der Waals surface area contributed by atoms with E-state index in [1.807, 2.05) is 12.1 Å². The van der Waals surface area contributed by atoms with Gasteiger partial charge in [-0.2, -0.15) is 0 Å². The zero-order chi connectivity index (χ0) is 17.5. The number of hydrogen-bond donors (Lipinski definition) is 0. The number of rotatable bonds is 6. The molecule has 0 bridgehead atoms. The van der Waals surface area contributed by atoms with Gasteiger partial charge >= 0.3 is 0 Å². The van der Waals surface area contributed by atoms with Crippen LogP contribution >= 0.6 is 24.8 Å². The molecule has 0 fully saturated rings. The van der Waals surface area contributed by atoms with Crippen molar-refractivity contribution < 1.29 is 4.74 Å². The molecule has 3 rings (SSSR count). The summed E-state index contributed by atoms with van der Waals surface area (Å²) in [5, 5.41) is 0. The van der Waals surface area contributed by atoms with E-state index < -0.39 is 0 Å². The normalized spacial score (nSPS) is 13.1. The first-order valence-corrected chi connectivity index (χ1v) is 9.04. The van der Waals surface area contributed by atoms with Gasteiger partial charge in [-0.1, -0.05) is 49.8 Å². The number of hydrogen-bond acceptors (Lipinski definition) is 3. The Balaban J connectivity index is 0.00000182. The standard InChI is InChI=1S/C22H26N2O.2ClH/c1-3-4-17-25-19-12-9-18(10-13-19)11-14-21-20-7-5-6-8-22(20)24(2)16-15-23-21;;/h5-14H,3-4,15-17H2,1-2H3;2*1H. The number of unbranched alkanes of at least 4 members (excludes halogenated alkanes) is 1. The van der Waals surface area contributed by atoms with Crippen LogP contribution in [0.2, 0.25) is 0 Å². The Labute approximate surface area is 175 Å². The van der Waals surface area contributed by atoms with Crippen molar-refractivity contribution in [2.24, 2.45) is 4.99 Å². The fourth-order valence-electron chi connectivity index (χ4n) is 2.88. The molecule has 0 atom stereocenters. The summed E-state index contributed by atoms with van der Waals surface area (Å²) in [5.74, 6) is 0.935. The molecule has 0 saturated carbocycles. The van der Waals surface area contributed by atoms with Gasteiger partial charge in [-0.3, -0.25) is 4.99 Å². The highest BCUT2D eigenvalue weighted by atomic mass is 35.5. The lowest BCUT2D eigenvalue weighted by Gasteiger charge is -2.18. The Bertz CT molecular complexity index is 757. The van der Waals surface area contributed by atoms with E-state index in [9.17, 15) is 0 Å². The van der Waals surface area contributed by atoms with E-state index in [0.717, 1.165) is 49.6 Å². The molecule has 1 aliphatic heterocycles. The number of halogens is 2. The number of para-hydroxylation sites is 1. The molecule has 0 unspecified atom stereocenters. The van der Waals surface area contributed by atoms with Gasteiger partial charge in [0.1, 0.15) is 5.75 Å². The third-order valence-electron chi connectivity index (χ3n) is 4.39. The van der Waals surface area contributed by atoms with Crippen LogP contribution in [-0.2, 0) is 0 Å². The van der Waals surface area contributed by atoms with Crippen LogP contribution in [0.4, 0.5) is 5.69 Å². The van der Waals surface area contributed by atoms with Crippen molar-refractivity contribution in [3.63, 3.8) is 0 Å². The fourth-order valence-corrected chi connectivity index (χ4v) is 2.88. The molecule has 0 aliphatic carbocycles. The fraction of sp³-hybridized carbons (Fsp3) is 0.318. The van der Waals surface area contributed by atoms with E-state index in [2.05, 4.69) is 67.4 Å². The highest BCUT2D eigenvalue weighted by Gasteiger charge is 2.13. The Morgan fingerprint density at radius 1 is 1.04 bits per heavy atom. The summed E-state index contributed by atoms with van der Waals surface area (Å²) in [7, 11) is 2.12. The summed E-state index contributed by atoms with van der Waals surface area (Å²) in [6, 6.07) is 16.7. The zero-order valence-electron chi connectivity index (χ0n) is 15.9. The molecule has 2 aromatic carbocycles. The van der Waals surface area contributed by atoms with Crippen LogP contribution < -0.4 is 9.64 Å². The van der Waals surface area contributed by atoms with Crippen LogP contribution in [0, 0.1) is 0 Å². The van der Waals surface area contributed by atoms with Gasteiger partial charge in [-0.15, -0.1) is 24.8 Å². The van der Waals surface area contributed by atoms with Crippen LogP contribution in [0.15, 0.2) is 59.6 Å². The largest absolute Gasteiger partial charge is 0.494 e. The van der Waals surface area contributed by atoms with Crippen molar-refractivity contribution in [1.29, 1.82) is 0 Å². The molecule has 2 aromatic rings. The van der Waals surface area contributed by atoms with Gasteiger partial charge in [-0.25, -0.2) is 0 Å². The molecule has 0 saturated heterocycles. The number of aliphatic imine (C=N–C) groups is 1. The average molecular weight is 407 g/mol. The second-order valence-corrected chi connectivity index (χ2v) is 6.31. The van der Waals surface area contributed by atoms with Crippen LogP contribution in [0.25, 0.3) is 6.08 Å². The van der Waals surface area contributed by atoms with Crippen molar-refractivity contribution in [2.75, 3.05) is 31.6 Å². The van der Waals surface area contributed by atoms with Gasteiger partial charge in [0.25, 0.3) is 0 Å². The van der Waals surface area contributed by atoms with Gasteiger partial charge < -0.3 is 9.64 Å². The van der Waals surface area contributed by atoms with Crippen molar-refractivity contribution >= 4 is 42.3 Å². The molecular formula is C22H28Cl2N2O. The first-order valence-electron chi connectivity index (χ1n) is 9.04. The summed E-state index contributed by atoms with van der Waals surface area (Å²) in [4.78, 5) is 7.03. The van der Waals surface area contributed by atoms with Crippen molar-refractivity contribution in [1.82, 2.24) is 0 Å². The smallest absolute Gasteiger partial charge is 0.119 e. The lowest BCUT2D eigenvalue weighted by Crippen LogP contribution is -2.20. The number of nitrogens with zero attached hydrogens (tertiary/aromatic N) is 2. The Kier molecular flexibility index (Phi) is 9.98. The number of allylic oxidation sites excluding steroid dienone is 1. The number of anilines is 1. The number of benzodiazepines with no additional fused rings is 1. The maximum atomic E-state index is 5.72. The molecule has 1 heterocycles. The van der Waals surface area contributed by atoms with E-state index in [1.165, 1.54) is 11.3 Å². The number of likely N-dealkylation sites (N-methyl/N-ethyl adjacent to an activating group) is 1. The predicted molar refractivity (Wildman–Crippen MR) is 121 cm³/mol. The maximum Gasteiger partial charge on any atom is 0.119 e. The van der Waals surface area contributed by atoms with E-state index >= 15 is 0 Å². The van der Waals surface area contributed by atoms with E-state index in [0.29, 0.717) is 0 Å². The van der Waals surface area contributed by atoms with Crippen molar-refractivity contribution in [3.05, 3.63) is 65.7 Å². The van der Waals surface area contributed by atoms with Gasteiger partial charge in [0.2, 0.25) is 0 Å². The number of ether oxygens (including phenoxy) is 1. The Morgan fingerprint density at radius 2 is 1.78 bits per heavy atom. The van der Waals surface area contributed by atoms with Crippen molar-refractivity contribution in [2.45, 2.75) is 19.8 Å². The summed E-state index contributed by atoms with van der Waals surface area (Å²) < 4.78 is 5.72. The van der Waals surface area contributed by atoms with Gasteiger partial charge in [0.05, 0.1) is 18.9 Å². The van der Waals surface area contributed by atoms with Gasteiger partial charge in [0.15, 0.2) is 0 Å². The molecule has 1 aliphatic rings. The minimum atomic E-state index is 0. The van der Waals surface area contributed by atoms with Gasteiger partial charge in [-0.05, 0) is 36.3 Å². The molecule has 0 radical (unpaired) electrons. The van der Waals surface area contributed by atoms with E-state index in [-0.39, 0.29) is 24.8 Å². The number of benzene rings is 2. The van der Waals surface area contributed by atoms with Crippen molar-refractivity contribution in [3.8, 4) is 5.75 Å². The SMILES string of the molecule is CCCCOc1ccc(C=CC2=NCCN(C)c3ccccc32)cc1.Cl.Cl. The molecule has 3 nitrogen and oxygen atoms in total. The topological polar surface area (TPSA) is 24.8 Å². The van der Waals surface area contributed by atoms with Crippen LogP contribution in [0.1, 0.15) is 30.9 Å². The second-order valence-electron chi connectivity index (χ2n) is 6.31. The molecule has 5 heteroatoms. The van der Waals surface area contributed by atoms with Gasteiger partial charge in [0, 0.05) is 24.8 Å². The van der Waals surface area contributed by atoms with Crippen LogP contribution in [0.3, 0.4) is 0 Å². The molecule has 0 N–H and O–H groups in total. The highest BCUT2D eigenvalue weighted by molar-refractivity contribution is 6.14. The van der Waals surface area contributed by atoms with E-state index in [4.69, 9.17) is 9.73 Å². The van der Waals surface area contributed by atoms with Crippen LogP contribution in [-0.4, -0.2) is 32.5 Å². The summed E-state index contributed by atoms with van der Waals surface area (Å²) in [6.07, 6.45) is 6.48. The highest BCUT2D eigenvalue weighted by Crippen LogP contribution is 2.23. The first kappa shape index (κ1) is 23.1. The quantitative estimate of drug-likeness (QED) is 0.577. The minimum Gasteiger partial charge on any atom is -0.494 e. The lowest BCUT2D eigenvalue weighted by atomic mass is 10.1. The lowest BCUT2D eigenvalue weighted by molar-refractivity contribution is 0.309. The predicted octanol–water partition coefficient (Wildman–Crippen LogP) is 5.66. The molecular weight excluding hydrogens is 379 g/mol. The summed E-state index contributed by atoms with van der Waals surface area (Å²) in [6.45, 7) is 4.71. The maximum absolute atomic E-state index is 5.72. The second kappa shape index (κ2) is 11.7. The zero-order valence-corrected chi connectivity index (χ0v) is 17.6. The molecule has 0 aromatic heterocycles. The monoisotopic (exact) mass is 406 g/mol. The molecule has 27 heavy (non-hydrogen) atoms. The molecule has 0 spiro atoms. The third-order valence-corrected chi connectivity index (χ3v) is 4.39. The summed E-state index contributed by atoms with van der Waals surface area (Å²) in [5.41, 5.74) is 4.63. The number of fused-ring (bicyclic) bond motifs is 1. The summed E-state index contributed by atoms with van der Waals surface area (Å²) >= 11 is 0. The molecule has 146 valence electrons. The minimum absolute atomic E-state index is 0. The molecule has 0 amide bonds. The average Bonchev–Trinajstić information content (AvgIpc) is 2.81. The van der Waals surface area contributed by atoms with E-state index in [1.54, 1.807) is 0 Å². The Hall–Kier alpha value is -1.97. The Morgan fingerprint density at radius 3 is 2.52 bits per heavy atom.